The number of nitrogens with zero attached hydrogens (tertiary/aromatic N) is 4. The van der Waals surface area contributed by atoms with E-state index in [1.165, 1.54) is 29.5 Å². The van der Waals surface area contributed by atoms with E-state index < -0.39 is 12.2 Å². The maximum Gasteiger partial charge on any atom is 0.586 e. The second-order valence-corrected chi connectivity index (χ2v) is 5.81. The SMILES string of the molecule is O=C(Cn1nnc(-c2ccsc2)n1)Nc1ccc2c(c1)OC(F)(F)O2. The van der Waals surface area contributed by atoms with Crippen molar-refractivity contribution >= 4 is 22.9 Å². The van der Waals surface area contributed by atoms with E-state index in [9.17, 15) is 13.6 Å². The predicted octanol–water partition coefficient (Wildman–Crippen LogP) is 2.36. The number of rotatable bonds is 4. The van der Waals surface area contributed by atoms with Gasteiger partial charge in [0.15, 0.2) is 11.5 Å². The Labute approximate surface area is 143 Å². The minimum Gasteiger partial charge on any atom is -0.395 e. The minimum absolute atomic E-state index is 0.0960. The van der Waals surface area contributed by atoms with Crippen molar-refractivity contribution in [1.82, 2.24) is 20.2 Å². The molecule has 1 aliphatic rings. The maximum atomic E-state index is 13.0. The van der Waals surface area contributed by atoms with Crippen LogP contribution in [0.5, 0.6) is 11.5 Å². The van der Waals surface area contributed by atoms with Gasteiger partial charge in [0.05, 0.1) is 0 Å². The van der Waals surface area contributed by atoms with E-state index >= 15 is 0 Å². The van der Waals surface area contributed by atoms with Crippen LogP contribution < -0.4 is 14.8 Å². The number of thiophene rings is 1. The summed E-state index contributed by atoms with van der Waals surface area (Å²) in [5, 5.41) is 18.1. The average Bonchev–Trinajstić information content (AvgIpc) is 3.24. The van der Waals surface area contributed by atoms with Gasteiger partial charge in [0.25, 0.3) is 0 Å². The van der Waals surface area contributed by atoms with Crippen LogP contribution in [0.2, 0.25) is 0 Å². The van der Waals surface area contributed by atoms with Gasteiger partial charge < -0.3 is 14.8 Å². The third kappa shape index (κ3) is 3.26. The van der Waals surface area contributed by atoms with Crippen molar-refractivity contribution in [1.29, 1.82) is 0 Å². The number of halogens is 2. The van der Waals surface area contributed by atoms with Crippen molar-refractivity contribution in [2.45, 2.75) is 12.8 Å². The van der Waals surface area contributed by atoms with Crippen molar-refractivity contribution in [3.05, 3.63) is 35.0 Å². The second-order valence-electron chi connectivity index (χ2n) is 5.03. The summed E-state index contributed by atoms with van der Waals surface area (Å²) < 4.78 is 34.6. The van der Waals surface area contributed by atoms with Gasteiger partial charge in [0.2, 0.25) is 11.7 Å². The predicted molar refractivity (Wildman–Crippen MR) is 82.4 cm³/mol. The molecule has 0 radical (unpaired) electrons. The molecule has 11 heteroatoms. The third-order valence-electron chi connectivity index (χ3n) is 3.20. The standard InChI is InChI=1S/C14H9F2N5O3S/c15-14(16)23-10-2-1-9(5-11(10)24-14)17-12(22)6-21-19-13(18-20-21)8-3-4-25-7-8/h1-5,7H,6H2,(H,17,22). The molecule has 1 amide bonds. The fourth-order valence-corrected chi connectivity index (χ4v) is 2.81. The summed E-state index contributed by atoms with van der Waals surface area (Å²) >= 11 is 1.50. The highest BCUT2D eigenvalue weighted by Crippen LogP contribution is 2.42. The molecule has 0 spiro atoms. The molecule has 0 aliphatic carbocycles. The number of carbonyl (C=O) groups excluding carboxylic acids is 1. The lowest BCUT2D eigenvalue weighted by Gasteiger charge is -2.05. The molecule has 25 heavy (non-hydrogen) atoms. The molecule has 1 N–H and O–H groups in total. The van der Waals surface area contributed by atoms with Crippen LogP contribution in [0.25, 0.3) is 11.4 Å². The van der Waals surface area contributed by atoms with Crippen molar-refractivity contribution < 1.29 is 23.0 Å². The number of fused-ring (bicyclic) bond motifs is 1. The zero-order valence-corrected chi connectivity index (χ0v) is 13.2. The van der Waals surface area contributed by atoms with E-state index in [4.69, 9.17) is 0 Å². The van der Waals surface area contributed by atoms with Crippen LogP contribution in [0, 0.1) is 0 Å². The van der Waals surface area contributed by atoms with Crippen LogP contribution in [0.3, 0.4) is 0 Å². The zero-order chi connectivity index (χ0) is 17.4. The fourth-order valence-electron chi connectivity index (χ4n) is 2.17. The Morgan fingerprint density at radius 3 is 2.92 bits per heavy atom. The Bertz CT molecular complexity index is 928. The van der Waals surface area contributed by atoms with Crippen LogP contribution in [-0.2, 0) is 11.3 Å². The fraction of sp³-hybridized carbons (Fsp3) is 0.143. The molecule has 2 aromatic heterocycles. The molecule has 8 nitrogen and oxygen atoms in total. The first-order chi connectivity index (χ1) is 12.0. The number of ether oxygens (including phenoxy) is 2. The summed E-state index contributed by atoms with van der Waals surface area (Å²) in [6.07, 6.45) is -3.70. The van der Waals surface area contributed by atoms with Crippen LogP contribution in [0.4, 0.5) is 14.5 Å². The van der Waals surface area contributed by atoms with Gasteiger partial charge in [0, 0.05) is 22.7 Å². The molecule has 0 atom stereocenters. The summed E-state index contributed by atoms with van der Waals surface area (Å²) in [5.74, 6) is -0.276. The summed E-state index contributed by atoms with van der Waals surface area (Å²) in [6.45, 7) is -0.179. The van der Waals surface area contributed by atoms with E-state index in [-0.39, 0.29) is 23.7 Å². The number of hydrogen-bond donors (Lipinski definition) is 1. The van der Waals surface area contributed by atoms with Crippen LogP contribution >= 0.6 is 11.3 Å². The molecule has 3 heterocycles. The number of aromatic nitrogens is 4. The number of anilines is 1. The largest absolute Gasteiger partial charge is 0.586 e. The molecular weight excluding hydrogens is 356 g/mol. The zero-order valence-electron chi connectivity index (χ0n) is 12.3. The minimum atomic E-state index is -3.70. The number of benzene rings is 1. The van der Waals surface area contributed by atoms with Gasteiger partial charge in [-0.05, 0) is 28.8 Å². The summed E-state index contributed by atoms with van der Waals surface area (Å²) in [4.78, 5) is 13.2. The Morgan fingerprint density at radius 1 is 1.28 bits per heavy atom. The summed E-state index contributed by atoms with van der Waals surface area (Å²) in [7, 11) is 0. The lowest BCUT2D eigenvalue weighted by Crippen LogP contribution is -2.25. The van der Waals surface area contributed by atoms with E-state index in [1.54, 1.807) is 0 Å². The summed E-state index contributed by atoms with van der Waals surface area (Å²) in [5.41, 5.74) is 1.09. The summed E-state index contributed by atoms with van der Waals surface area (Å²) in [6, 6.07) is 5.80. The van der Waals surface area contributed by atoms with Crippen molar-refractivity contribution in [3.8, 4) is 22.9 Å². The van der Waals surface area contributed by atoms with Crippen LogP contribution in [0.15, 0.2) is 35.0 Å². The monoisotopic (exact) mass is 365 g/mol. The smallest absolute Gasteiger partial charge is 0.395 e. The number of tetrazole rings is 1. The van der Waals surface area contributed by atoms with Gasteiger partial charge in [-0.3, -0.25) is 4.79 Å². The molecule has 0 bridgehead atoms. The Morgan fingerprint density at radius 2 is 2.12 bits per heavy atom. The van der Waals surface area contributed by atoms with Gasteiger partial charge >= 0.3 is 6.29 Å². The van der Waals surface area contributed by atoms with Crippen LogP contribution in [0.1, 0.15) is 0 Å². The molecule has 4 rings (SSSR count). The number of nitrogens with one attached hydrogen (secondary N) is 1. The number of alkyl halides is 2. The first-order valence-electron chi connectivity index (χ1n) is 6.99. The third-order valence-corrected chi connectivity index (χ3v) is 3.89. The topological polar surface area (TPSA) is 91.2 Å². The molecule has 0 saturated heterocycles. The maximum absolute atomic E-state index is 13.0. The van der Waals surface area contributed by atoms with Crippen molar-refractivity contribution in [3.63, 3.8) is 0 Å². The van der Waals surface area contributed by atoms with E-state index in [0.29, 0.717) is 5.82 Å². The van der Waals surface area contributed by atoms with Crippen LogP contribution in [-0.4, -0.2) is 32.4 Å². The second kappa shape index (κ2) is 5.77. The number of carbonyl (C=O) groups is 1. The highest BCUT2D eigenvalue weighted by atomic mass is 32.1. The van der Waals surface area contributed by atoms with Gasteiger partial charge in [-0.2, -0.15) is 16.1 Å². The van der Waals surface area contributed by atoms with Crippen molar-refractivity contribution in [2.24, 2.45) is 0 Å². The molecule has 0 fully saturated rings. The highest BCUT2D eigenvalue weighted by molar-refractivity contribution is 7.08. The average molecular weight is 365 g/mol. The van der Waals surface area contributed by atoms with Gasteiger partial charge in [-0.15, -0.1) is 19.0 Å². The van der Waals surface area contributed by atoms with E-state index in [0.717, 1.165) is 10.4 Å². The first-order valence-corrected chi connectivity index (χ1v) is 7.93. The molecule has 128 valence electrons. The molecule has 0 saturated carbocycles. The van der Waals surface area contributed by atoms with Gasteiger partial charge in [0.1, 0.15) is 6.54 Å². The first kappa shape index (κ1) is 15.4. The highest BCUT2D eigenvalue weighted by Gasteiger charge is 2.43. The Hall–Kier alpha value is -3.08. The van der Waals surface area contributed by atoms with E-state index in [1.807, 2.05) is 16.8 Å². The lowest BCUT2D eigenvalue weighted by molar-refractivity contribution is -0.286. The lowest BCUT2D eigenvalue weighted by atomic mass is 10.3. The normalized spacial score (nSPS) is 14.5. The number of amides is 1. The molecule has 0 unspecified atom stereocenters. The molecule has 1 aromatic carbocycles. The molecular formula is C14H9F2N5O3S. The molecule has 3 aromatic rings. The molecule has 1 aliphatic heterocycles. The Kier molecular flexibility index (Phi) is 3.57. The van der Waals surface area contributed by atoms with Gasteiger partial charge in [-0.1, -0.05) is 0 Å². The van der Waals surface area contributed by atoms with Crippen molar-refractivity contribution in [2.75, 3.05) is 5.32 Å². The Balaban J connectivity index is 1.42. The number of hydrogen-bond acceptors (Lipinski definition) is 7. The quantitative estimate of drug-likeness (QED) is 0.763. The van der Waals surface area contributed by atoms with Gasteiger partial charge in [-0.25, -0.2) is 0 Å². The van der Waals surface area contributed by atoms with E-state index in [2.05, 4.69) is 30.2 Å².